The van der Waals surface area contributed by atoms with Crippen molar-refractivity contribution in [1.29, 1.82) is 0 Å². The molecule has 0 fully saturated rings. The van der Waals surface area contributed by atoms with Gasteiger partial charge in [-0.2, -0.15) is 15.4 Å². The summed E-state index contributed by atoms with van der Waals surface area (Å²) in [6.07, 6.45) is 1.30. The maximum absolute atomic E-state index is 13.8. The number of aromatic amines is 1. The second kappa shape index (κ2) is 5.88. The standard InChI is InChI=1S/C18H15FN4O/c19-14-8-4-7-13-12(14)9-10-15(13)20-18(24)17-16(21-23-22-17)11-5-2-1-3-6-11/h1-8,15H,9-10H2,(H,20,24)(H,21,22,23). The van der Waals surface area contributed by atoms with E-state index in [0.717, 1.165) is 11.1 Å². The Morgan fingerprint density at radius 3 is 2.79 bits per heavy atom. The quantitative estimate of drug-likeness (QED) is 0.778. The third-order valence-corrected chi connectivity index (χ3v) is 4.33. The van der Waals surface area contributed by atoms with E-state index in [9.17, 15) is 9.18 Å². The van der Waals surface area contributed by atoms with Crippen molar-refractivity contribution in [3.05, 3.63) is 71.2 Å². The zero-order valence-electron chi connectivity index (χ0n) is 12.8. The lowest BCUT2D eigenvalue weighted by Crippen LogP contribution is -2.28. The Bertz CT molecular complexity index is 891. The molecule has 2 N–H and O–H groups in total. The van der Waals surface area contributed by atoms with Gasteiger partial charge in [0.1, 0.15) is 11.5 Å². The van der Waals surface area contributed by atoms with Crippen molar-refractivity contribution in [2.24, 2.45) is 0 Å². The summed E-state index contributed by atoms with van der Waals surface area (Å²) in [6.45, 7) is 0. The first-order valence-electron chi connectivity index (χ1n) is 7.78. The molecular formula is C18H15FN4O. The van der Waals surface area contributed by atoms with Gasteiger partial charge < -0.3 is 5.32 Å². The molecule has 0 saturated carbocycles. The van der Waals surface area contributed by atoms with Crippen molar-refractivity contribution in [1.82, 2.24) is 20.7 Å². The minimum atomic E-state index is -0.315. The number of fused-ring (bicyclic) bond motifs is 1. The SMILES string of the molecule is O=C(NC1CCc2c(F)cccc21)c1n[nH]nc1-c1ccccc1. The van der Waals surface area contributed by atoms with Crippen LogP contribution in [0.15, 0.2) is 48.5 Å². The number of nitrogens with one attached hydrogen (secondary N) is 2. The molecule has 1 atom stereocenters. The fourth-order valence-corrected chi connectivity index (χ4v) is 3.17. The number of nitrogens with zero attached hydrogens (tertiary/aromatic N) is 2. The van der Waals surface area contributed by atoms with Crippen LogP contribution in [0.1, 0.15) is 34.1 Å². The molecule has 2 aromatic carbocycles. The molecular weight excluding hydrogens is 307 g/mol. The van der Waals surface area contributed by atoms with Crippen LogP contribution >= 0.6 is 0 Å². The molecule has 0 spiro atoms. The van der Waals surface area contributed by atoms with Crippen LogP contribution in [-0.2, 0) is 6.42 Å². The molecule has 0 bridgehead atoms. The number of amides is 1. The smallest absolute Gasteiger partial charge is 0.274 e. The Morgan fingerprint density at radius 1 is 1.12 bits per heavy atom. The van der Waals surface area contributed by atoms with Crippen molar-refractivity contribution in [3.8, 4) is 11.3 Å². The van der Waals surface area contributed by atoms with Gasteiger partial charge in [0, 0.05) is 5.56 Å². The summed E-state index contributed by atoms with van der Waals surface area (Å²) in [6, 6.07) is 14.2. The first-order valence-corrected chi connectivity index (χ1v) is 7.78. The highest BCUT2D eigenvalue weighted by atomic mass is 19.1. The molecule has 6 heteroatoms. The summed E-state index contributed by atoms with van der Waals surface area (Å²) >= 11 is 0. The minimum absolute atomic E-state index is 0.205. The van der Waals surface area contributed by atoms with Crippen LogP contribution in [0.2, 0.25) is 0 Å². The van der Waals surface area contributed by atoms with Gasteiger partial charge in [-0.05, 0) is 30.0 Å². The topological polar surface area (TPSA) is 70.7 Å². The fraction of sp³-hybridized carbons (Fsp3) is 0.167. The zero-order chi connectivity index (χ0) is 16.5. The van der Waals surface area contributed by atoms with Gasteiger partial charge in [-0.15, -0.1) is 0 Å². The van der Waals surface area contributed by atoms with Crippen LogP contribution in [0.4, 0.5) is 4.39 Å². The normalized spacial score (nSPS) is 16.0. The molecule has 1 aliphatic rings. The number of hydrogen-bond donors (Lipinski definition) is 2. The summed E-state index contributed by atoms with van der Waals surface area (Å²) < 4.78 is 13.8. The van der Waals surface area contributed by atoms with Crippen molar-refractivity contribution < 1.29 is 9.18 Å². The van der Waals surface area contributed by atoms with Gasteiger partial charge in [0.15, 0.2) is 5.69 Å². The number of hydrogen-bond acceptors (Lipinski definition) is 3. The van der Waals surface area contributed by atoms with Crippen molar-refractivity contribution in [2.75, 3.05) is 0 Å². The molecule has 1 unspecified atom stereocenters. The minimum Gasteiger partial charge on any atom is -0.344 e. The molecule has 0 saturated heterocycles. The number of halogens is 1. The van der Waals surface area contributed by atoms with Gasteiger partial charge >= 0.3 is 0 Å². The number of benzene rings is 2. The fourth-order valence-electron chi connectivity index (χ4n) is 3.17. The lowest BCUT2D eigenvalue weighted by atomic mass is 10.1. The number of carbonyl (C=O) groups is 1. The van der Waals surface area contributed by atoms with Crippen molar-refractivity contribution in [3.63, 3.8) is 0 Å². The lowest BCUT2D eigenvalue weighted by molar-refractivity contribution is 0.0932. The first kappa shape index (κ1) is 14.6. The van der Waals surface area contributed by atoms with E-state index in [2.05, 4.69) is 20.7 Å². The van der Waals surface area contributed by atoms with Gasteiger partial charge in [-0.1, -0.05) is 42.5 Å². The second-order valence-electron chi connectivity index (χ2n) is 5.76. The summed E-state index contributed by atoms with van der Waals surface area (Å²) in [7, 11) is 0. The van der Waals surface area contributed by atoms with E-state index in [1.165, 1.54) is 6.07 Å². The summed E-state index contributed by atoms with van der Waals surface area (Å²) in [4.78, 5) is 12.6. The molecule has 1 aromatic heterocycles. The molecule has 0 aliphatic heterocycles. The van der Waals surface area contributed by atoms with Crippen LogP contribution in [0.25, 0.3) is 11.3 Å². The van der Waals surface area contributed by atoms with E-state index in [4.69, 9.17) is 0 Å². The third-order valence-electron chi connectivity index (χ3n) is 4.33. The van der Waals surface area contributed by atoms with E-state index < -0.39 is 0 Å². The van der Waals surface area contributed by atoms with E-state index in [1.807, 2.05) is 36.4 Å². The maximum atomic E-state index is 13.8. The number of aromatic nitrogens is 3. The van der Waals surface area contributed by atoms with Gasteiger partial charge in [-0.25, -0.2) is 4.39 Å². The molecule has 4 rings (SSSR count). The van der Waals surface area contributed by atoms with Crippen LogP contribution in [0.3, 0.4) is 0 Å². The Labute approximate surface area is 137 Å². The second-order valence-corrected chi connectivity index (χ2v) is 5.76. The molecule has 0 radical (unpaired) electrons. The Balaban J connectivity index is 1.60. The highest BCUT2D eigenvalue weighted by Gasteiger charge is 2.28. The predicted molar refractivity (Wildman–Crippen MR) is 86.7 cm³/mol. The van der Waals surface area contributed by atoms with Crippen LogP contribution in [0, 0.1) is 5.82 Å². The van der Waals surface area contributed by atoms with Crippen molar-refractivity contribution in [2.45, 2.75) is 18.9 Å². The summed E-state index contributed by atoms with van der Waals surface area (Å²) in [5.74, 6) is -0.527. The van der Waals surface area contributed by atoms with Crippen molar-refractivity contribution >= 4 is 5.91 Å². The summed E-state index contributed by atoms with van der Waals surface area (Å²) in [5.41, 5.74) is 3.09. The molecule has 24 heavy (non-hydrogen) atoms. The van der Waals surface area contributed by atoms with E-state index in [1.54, 1.807) is 6.07 Å². The average Bonchev–Trinajstić information content (AvgIpc) is 3.24. The highest BCUT2D eigenvalue weighted by Crippen LogP contribution is 2.33. The van der Waals surface area contributed by atoms with Crippen LogP contribution < -0.4 is 5.32 Å². The third kappa shape index (κ3) is 2.46. The molecule has 120 valence electrons. The number of carbonyl (C=O) groups excluding carboxylic acids is 1. The highest BCUT2D eigenvalue weighted by molar-refractivity contribution is 5.98. The predicted octanol–water partition coefficient (Wildman–Crippen LogP) is 3.03. The Kier molecular flexibility index (Phi) is 3.57. The van der Waals surface area contributed by atoms with Gasteiger partial charge in [0.2, 0.25) is 0 Å². The maximum Gasteiger partial charge on any atom is 0.274 e. The van der Waals surface area contributed by atoms with Crippen LogP contribution in [0.5, 0.6) is 0 Å². The average molecular weight is 322 g/mol. The zero-order valence-corrected chi connectivity index (χ0v) is 12.8. The molecule has 1 heterocycles. The molecule has 1 aliphatic carbocycles. The Hall–Kier alpha value is -3.02. The molecule has 5 nitrogen and oxygen atoms in total. The first-order chi connectivity index (χ1) is 11.7. The summed E-state index contributed by atoms with van der Waals surface area (Å²) in [5, 5.41) is 13.5. The monoisotopic (exact) mass is 322 g/mol. The van der Waals surface area contributed by atoms with E-state index in [0.29, 0.717) is 24.1 Å². The van der Waals surface area contributed by atoms with E-state index in [-0.39, 0.29) is 23.5 Å². The largest absolute Gasteiger partial charge is 0.344 e. The number of rotatable bonds is 3. The lowest BCUT2D eigenvalue weighted by Gasteiger charge is -2.13. The van der Waals surface area contributed by atoms with Gasteiger partial charge in [0.05, 0.1) is 6.04 Å². The molecule has 1 amide bonds. The van der Waals surface area contributed by atoms with Crippen LogP contribution in [-0.4, -0.2) is 21.3 Å². The number of H-pyrrole nitrogens is 1. The van der Waals surface area contributed by atoms with E-state index >= 15 is 0 Å². The Morgan fingerprint density at radius 2 is 1.96 bits per heavy atom. The molecule has 3 aromatic rings. The van der Waals surface area contributed by atoms with Gasteiger partial charge in [0.25, 0.3) is 5.91 Å². The van der Waals surface area contributed by atoms with Gasteiger partial charge in [-0.3, -0.25) is 4.79 Å².